The molecular formula is C14H18BrNO. The van der Waals surface area contributed by atoms with E-state index in [2.05, 4.69) is 28.2 Å². The molecule has 3 heteroatoms. The van der Waals surface area contributed by atoms with Crippen LogP contribution in [0.25, 0.3) is 0 Å². The maximum atomic E-state index is 12.1. The molecule has 2 nitrogen and oxygen atoms in total. The van der Waals surface area contributed by atoms with Crippen LogP contribution < -0.4 is 5.32 Å². The summed E-state index contributed by atoms with van der Waals surface area (Å²) in [6.45, 7) is 3.30. The molecular weight excluding hydrogens is 278 g/mol. The molecule has 0 radical (unpaired) electrons. The lowest BCUT2D eigenvalue weighted by atomic mass is 9.90. The van der Waals surface area contributed by atoms with E-state index >= 15 is 0 Å². The second kappa shape index (κ2) is 5.78. The smallest absolute Gasteiger partial charge is 0.164 e. The van der Waals surface area contributed by atoms with Crippen LogP contribution >= 0.6 is 15.9 Å². The number of benzene rings is 1. The van der Waals surface area contributed by atoms with Crippen molar-refractivity contribution >= 4 is 21.7 Å². The number of halogens is 1. The number of hydrogen-bond donors (Lipinski definition) is 1. The molecule has 0 bridgehead atoms. The fourth-order valence-electron chi connectivity index (χ4n) is 2.35. The molecule has 1 aromatic carbocycles. The second-order valence-corrected chi connectivity index (χ2v) is 5.83. The van der Waals surface area contributed by atoms with E-state index in [0.717, 1.165) is 28.9 Å². The van der Waals surface area contributed by atoms with Gasteiger partial charge in [0.05, 0.1) is 0 Å². The van der Waals surface area contributed by atoms with Gasteiger partial charge >= 0.3 is 0 Å². The molecule has 2 rings (SSSR count). The third-order valence-corrected chi connectivity index (χ3v) is 3.88. The normalized spacial score (nSPS) is 24.6. The Bertz CT molecular complexity index is 388. The third kappa shape index (κ3) is 3.65. The maximum Gasteiger partial charge on any atom is 0.164 e. The lowest BCUT2D eigenvalue weighted by Gasteiger charge is -2.27. The maximum absolute atomic E-state index is 12.1. The average Bonchev–Trinajstić information content (AvgIpc) is 2.29. The standard InChI is InChI=1S/C14H18BrNO/c1-10-6-7-16-13(8-10)9-14(17)11-2-4-12(15)5-3-11/h2-5,10,13,16H,6-9H2,1H3. The summed E-state index contributed by atoms with van der Waals surface area (Å²) in [4.78, 5) is 12.1. The van der Waals surface area contributed by atoms with E-state index < -0.39 is 0 Å². The fourth-order valence-corrected chi connectivity index (χ4v) is 2.62. The van der Waals surface area contributed by atoms with Gasteiger partial charge in [0.2, 0.25) is 0 Å². The number of hydrogen-bond acceptors (Lipinski definition) is 2. The van der Waals surface area contributed by atoms with Crippen molar-refractivity contribution in [3.63, 3.8) is 0 Å². The lowest BCUT2D eigenvalue weighted by molar-refractivity contribution is 0.0959. The molecule has 1 aromatic rings. The van der Waals surface area contributed by atoms with Crippen LogP contribution in [0.15, 0.2) is 28.7 Å². The predicted octanol–water partition coefficient (Wildman–Crippen LogP) is 3.41. The minimum atomic E-state index is 0.240. The Morgan fingerprint density at radius 2 is 2.12 bits per heavy atom. The number of nitrogens with one attached hydrogen (secondary N) is 1. The van der Waals surface area contributed by atoms with Gasteiger partial charge in [-0.05, 0) is 37.4 Å². The van der Waals surface area contributed by atoms with Crippen LogP contribution in [0.2, 0.25) is 0 Å². The third-order valence-electron chi connectivity index (χ3n) is 3.36. The Morgan fingerprint density at radius 3 is 2.76 bits per heavy atom. The molecule has 2 atom stereocenters. The highest BCUT2D eigenvalue weighted by Crippen LogP contribution is 2.19. The van der Waals surface area contributed by atoms with Gasteiger partial charge in [-0.2, -0.15) is 0 Å². The van der Waals surface area contributed by atoms with Crippen molar-refractivity contribution in [2.45, 2.75) is 32.2 Å². The van der Waals surface area contributed by atoms with Crippen LogP contribution in [0.5, 0.6) is 0 Å². The molecule has 92 valence electrons. The summed E-state index contributed by atoms with van der Waals surface area (Å²) in [5.41, 5.74) is 0.813. The summed E-state index contributed by atoms with van der Waals surface area (Å²) in [5.74, 6) is 0.975. The van der Waals surface area contributed by atoms with Gasteiger partial charge in [-0.1, -0.05) is 35.0 Å². The predicted molar refractivity (Wildman–Crippen MR) is 73.3 cm³/mol. The number of carbonyl (C=O) groups is 1. The second-order valence-electron chi connectivity index (χ2n) is 4.91. The molecule has 1 fully saturated rings. The van der Waals surface area contributed by atoms with Crippen molar-refractivity contribution in [2.24, 2.45) is 5.92 Å². The Balaban J connectivity index is 1.94. The molecule has 0 aromatic heterocycles. The molecule has 1 heterocycles. The Hall–Kier alpha value is -0.670. The highest BCUT2D eigenvalue weighted by molar-refractivity contribution is 9.10. The number of carbonyl (C=O) groups excluding carboxylic acids is 1. The van der Waals surface area contributed by atoms with Crippen LogP contribution in [0.3, 0.4) is 0 Å². The van der Waals surface area contributed by atoms with Crippen LogP contribution in [0, 0.1) is 5.92 Å². The SMILES string of the molecule is CC1CCNC(CC(=O)c2ccc(Br)cc2)C1. The number of piperidine rings is 1. The zero-order valence-electron chi connectivity index (χ0n) is 10.1. The van der Waals surface area contributed by atoms with Crippen LogP contribution in [-0.2, 0) is 0 Å². The van der Waals surface area contributed by atoms with Crippen molar-refractivity contribution in [1.29, 1.82) is 0 Å². The van der Waals surface area contributed by atoms with Gasteiger partial charge in [0.25, 0.3) is 0 Å². The summed E-state index contributed by atoms with van der Waals surface area (Å²) in [7, 11) is 0. The number of rotatable bonds is 3. The highest BCUT2D eigenvalue weighted by atomic mass is 79.9. The molecule has 1 saturated heterocycles. The molecule has 0 spiro atoms. The summed E-state index contributed by atoms with van der Waals surface area (Å²) in [6.07, 6.45) is 2.96. The van der Waals surface area contributed by atoms with E-state index in [0.29, 0.717) is 12.5 Å². The largest absolute Gasteiger partial charge is 0.314 e. The average molecular weight is 296 g/mol. The summed E-state index contributed by atoms with van der Waals surface area (Å²) in [5, 5.41) is 3.43. The van der Waals surface area contributed by atoms with Crippen molar-refractivity contribution in [3.05, 3.63) is 34.3 Å². The number of ketones is 1. The van der Waals surface area contributed by atoms with E-state index in [1.807, 2.05) is 24.3 Å². The quantitative estimate of drug-likeness (QED) is 0.866. The molecule has 0 saturated carbocycles. The number of Topliss-reactive ketones (excluding diaryl/α,β-unsaturated/α-hetero) is 1. The van der Waals surface area contributed by atoms with Gasteiger partial charge < -0.3 is 5.32 Å². The van der Waals surface area contributed by atoms with Crippen LogP contribution in [-0.4, -0.2) is 18.4 Å². The van der Waals surface area contributed by atoms with Crippen molar-refractivity contribution < 1.29 is 4.79 Å². The van der Waals surface area contributed by atoms with Crippen molar-refractivity contribution in [2.75, 3.05) is 6.54 Å². The molecule has 2 unspecified atom stereocenters. The first-order valence-electron chi connectivity index (χ1n) is 6.17. The minimum Gasteiger partial charge on any atom is -0.314 e. The monoisotopic (exact) mass is 295 g/mol. The topological polar surface area (TPSA) is 29.1 Å². The molecule has 1 N–H and O–H groups in total. The Labute approximate surface area is 111 Å². The Kier molecular flexibility index (Phi) is 4.35. The van der Waals surface area contributed by atoms with Gasteiger partial charge in [0.15, 0.2) is 5.78 Å². The van der Waals surface area contributed by atoms with E-state index in [1.54, 1.807) is 0 Å². The highest BCUT2D eigenvalue weighted by Gasteiger charge is 2.21. The first-order valence-corrected chi connectivity index (χ1v) is 6.96. The molecule has 0 aliphatic carbocycles. The molecule has 1 aliphatic rings. The van der Waals surface area contributed by atoms with Gasteiger partial charge in [-0.15, -0.1) is 0 Å². The van der Waals surface area contributed by atoms with E-state index in [1.165, 1.54) is 6.42 Å². The van der Waals surface area contributed by atoms with Crippen molar-refractivity contribution in [1.82, 2.24) is 5.32 Å². The molecule has 1 aliphatic heterocycles. The van der Waals surface area contributed by atoms with Crippen LogP contribution in [0.4, 0.5) is 0 Å². The van der Waals surface area contributed by atoms with Gasteiger partial charge in [0, 0.05) is 22.5 Å². The van der Waals surface area contributed by atoms with Gasteiger partial charge in [-0.25, -0.2) is 0 Å². The molecule has 17 heavy (non-hydrogen) atoms. The zero-order chi connectivity index (χ0) is 12.3. The van der Waals surface area contributed by atoms with E-state index in [4.69, 9.17) is 0 Å². The summed E-state index contributed by atoms with van der Waals surface area (Å²) < 4.78 is 1.01. The van der Waals surface area contributed by atoms with Crippen molar-refractivity contribution in [3.8, 4) is 0 Å². The van der Waals surface area contributed by atoms with Gasteiger partial charge in [0.1, 0.15) is 0 Å². The first-order chi connectivity index (χ1) is 8.15. The summed E-state index contributed by atoms with van der Waals surface area (Å²) in [6, 6.07) is 7.97. The van der Waals surface area contributed by atoms with Gasteiger partial charge in [-0.3, -0.25) is 4.79 Å². The fraction of sp³-hybridized carbons (Fsp3) is 0.500. The summed E-state index contributed by atoms with van der Waals surface area (Å²) >= 11 is 3.38. The first kappa shape index (κ1) is 12.8. The zero-order valence-corrected chi connectivity index (χ0v) is 11.7. The molecule has 0 amide bonds. The lowest BCUT2D eigenvalue weighted by Crippen LogP contribution is -2.38. The van der Waals surface area contributed by atoms with E-state index in [9.17, 15) is 4.79 Å². The van der Waals surface area contributed by atoms with E-state index in [-0.39, 0.29) is 5.78 Å². The Morgan fingerprint density at radius 1 is 1.41 bits per heavy atom. The van der Waals surface area contributed by atoms with Crippen LogP contribution in [0.1, 0.15) is 36.5 Å². The minimum absolute atomic E-state index is 0.240.